The van der Waals surface area contributed by atoms with Crippen LogP contribution in [0.1, 0.15) is 18.1 Å². The van der Waals surface area contributed by atoms with Crippen molar-refractivity contribution >= 4 is 11.6 Å². The Hall–Kier alpha value is -2.61. The first-order chi connectivity index (χ1) is 10.0. The summed E-state index contributed by atoms with van der Waals surface area (Å²) in [6, 6.07) is 12.7. The van der Waals surface area contributed by atoms with Crippen LogP contribution in [0.15, 0.2) is 68.4 Å². The minimum absolute atomic E-state index is 0.227. The molecule has 0 aliphatic heterocycles. The first kappa shape index (κ1) is 16.4. The summed E-state index contributed by atoms with van der Waals surface area (Å²) in [5, 5.41) is 0. The third kappa shape index (κ3) is 4.18. The highest BCUT2D eigenvalue weighted by Crippen LogP contribution is 2.29. The first-order valence-electron chi connectivity index (χ1n) is 6.55. The Morgan fingerprint density at radius 2 is 1.71 bits per heavy atom. The van der Waals surface area contributed by atoms with E-state index in [9.17, 15) is 4.39 Å². The Morgan fingerprint density at radius 3 is 2.29 bits per heavy atom. The summed E-state index contributed by atoms with van der Waals surface area (Å²) >= 11 is 0. The molecule has 108 valence electrons. The van der Waals surface area contributed by atoms with E-state index < -0.39 is 0 Å². The van der Waals surface area contributed by atoms with Crippen molar-refractivity contribution in [2.24, 2.45) is 5.73 Å². The van der Waals surface area contributed by atoms with Gasteiger partial charge in [-0.3, -0.25) is 0 Å². The molecule has 0 radical (unpaired) electrons. The minimum atomic E-state index is -0.227. The van der Waals surface area contributed by atoms with Crippen LogP contribution in [-0.4, -0.2) is 0 Å². The fourth-order valence-corrected chi connectivity index (χ4v) is 1.92. The molecule has 2 heteroatoms. The third-order valence-electron chi connectivity index (χ3n) is 2.93. The number of benzene rings is 2. The van der Waals surface area contributed by atoms with Gasteiger partial charge < -0.3 is 5.73 Å². The summed E-state index contributed by atoms with van der Waals surface area (Å²) in [4.78, 5) is 0. The zero-order valence-corrected chi connectivity index (χ0v) is 12.3. The topological polar surface area (TPSA) is 26.0 Å². The lowest BCUT2D eigenvalue weighted by molar-refractivity contribution is 0.631. The summed E-state index contributed by atoms with van der Waals surface area (Å²) in [6.07, 6.45) is 2.99. The van der Waals surface area contributed by atoms with Crippen molar-refractivity contribution in [1.82, 2.24) is 0 Å². The molecule has 0 saturated heterocycles. The Morgan fingerprint density at radius 1 is 1.10 bits per heavy atom. The molecule has 0 aliphatic rings. The molecule has 0 fully saturated rings. The number of nitrogens with two attached hydrogens (primary N) is 1. The highest BCUT2D eigenvalue weighted by molar-refractivity contribution is 5.77. The molecular formula is C19H20FN. The van der Waals surface area contributed by atoms with Crippen molar-refractivity contribution in [2.45, 2.75) is 6.92 Å². The zero-order chi connectivity index (χ0) is 15.8. The molecule has 0 bridgehead atoms. The molecule has 2 N–H and O–H groups in total. The molecular weight excluding hydrogens is 261 g/mol. The van der Waals surface area contributed by atoms with Crippen molar-refractivity contribution < 1.29 is 4.39 Å². The second-order valence-electron chi connectivity index (χ2n) is 4.50. The minimum Gasteiger partial charge on any atom is -0.405 e. The van der Waals surface area contributed by atoms with Gasteiger partial charge in [0.05, 0.1) is 0 Å². The fraction of sp³-hybridized carbons (Fsp3) is 0.0526. The van der Waals surface area contributed by atoms with Gasteiger partial charge in [-0.1, -0.05) is 61.7 Å². The van der Waals surface area contributed by atoms with Gasteiger partial charge in [-0.25, -0.2) is 4.39 Å². The smallest absolute Gasteiger partial charge is 0.131 e. The molecule has 0 unspecified atom stereocenters. The van der Waals surface area contributed by atoms with Gasteiger partial charge in [-0.2, -0.15) is 0 Å². The van der Waals surface area contributed by atoms with Crippen LogP contribution in [-0.2, 0) is 0 Å². The lowest BCUT2D eigenvalue weighted by Crippen LogP contribution is -1.90. The summed E-state index contributed by atoms with van der Waals surface area (Å²) in [7, 11) is 0. The number of hydrogen-bond acceptors (Lipinski definition) is 1. The average molecular weight is 281 g/mol. The molecule has 21 heavy (non-hydrogen) atoms. The molecule has 0 saturated carbocycles. The largest absolute Gasteiger partial charge is 0.405 e. The molecule has 0 atom stereocenters. The van der Waals surface area contributed by atoms with E-state index in [-0.39, 0.29) is 5.82 Å². The highest BCUT2D eigenvalue weighted by Gasteiger charge is 2.09. The van der Waals surface area contributed by atoms with E-state index in [2.05, 4.69) is 25.5 Å². The Balaban J connectivity index is 0.000000677. The molecule has 0 amide bonds. The molecule has 2 rings (SSSR count). The Bertz CT molecular complexity index is 656. The Kier molecular flexibility index (Phi) is 6.15. The van der Waals surface area contributed by atoms with Crippen LogP contribution in [0.4, 0.5) is 4.39 Å². The van der Waals surface area contributed by atoms with E-state index in [0.29, 0.717) is 5.56 Å². The van der Waals surface area contributed by atoms with Gasteiger partial charge in [0.1, 0.15) is 5.82 Å². The Labute approximate surface area is 125 Å². The molecule has 1 nitrogen and oxygen atoms in total. The van der Waals surface area contributed by atoms with Crippen LogP contribution in [0, 0.1) is 5.82 Å². The quantitative estimate of drug-likeness (QED) is 0.816. The standard InChI is InChI=1S/C17H15F.C2H5N/c1-4-13-7-5-6-8-15(13)16-11-14(12(2)3)9-10-17(16)18;1-2-3/h4-11H,1-2H2,3H3;2H,1,3H2. The van der Waals surface area contributed by atoms with E-state index in [1.54, 1.807) is 12.1 Å². The van der Waals surface area contributed by atoms with E-state index in [4.69, 9.17) is 0 Å². The second-order valence-corrected chi connectivity index (χ2v) is 4.50. The molecule has 2 aromatic rings. The van der Waals surface area contributed by atoms with E-state index in [0.717, 1.165) is 22.3 Å². The molecule has 0 aromatic heterocycles. The van der Waals surface area contributed by atoms with Crippen LogP contribution in [0.25, 0.3) is 22.8 Å². The van der Waals surface area contributed by atoms with Crippen molar-refractivity contribution in [2.75, 3.05) is 0 Å². The predicted octanol–water partition coefficient (Wildman–Crippen LogP) is 5.26. The molecule has 2 aromatic carbocycles. The van der Waals surface area contributed by atoms with Gasteiger partial charge in [0.2, 0.25) is 0 Å². The average Bonchev–Trinajstić information content (AvgIpc) is 2.48. The summed E-state index contributed by atoms with van der Waals surface area (Å²) in [5.74, 6) is -0.227. The van der Waals surface area contributed by atoms with Crippen LogP contribution >= 0.6 is 0 Å². The van der Waals surface area contributed by atoms with Crippen LogP contribution < -0.4 is 5.73 Å². The zero-order valence-electron chi connectivity index (χ0n) is 12.3. The maximum atomic E-state index is 14.0. The molecule has 0 heterocycles. The predicted molar refractivity (Wildman–Crippen MR) is 91.0 cm³/mol. The van der Waals surface area contributed by atoms with Crippen molar-refractivity contribution in [3.05, 3.63) is 85.3 Å². The van der Waals surface area contributed by atoms with Crippen molar-refractivity contribution in [3.8, 4) is 11.1 Å². The van der Waals surface area contributed by atoms with Crippen molar-refractivity contribution in [1.29, 1.82) is 0 Å². The summed E-state index contributed by atoms with van der Waals surface area (Å²) in [6.45, 7) is 12.7. The van der Waals surface area contributed by atoms with Gasteiger partial charge in [0.25, 0.3) is 0 Å². The first-order valence-corrected chi connectivity index (χ1v) is 6.55. The van der Waals surface area contributed by atoms with Crippen LogP contribution in [0.5, 0.6) is 0 Å². The normalized spacial score (nSPS) is 9.24. The van der Waals surface area contributed by atoms with Crippen LogP contribution in [0.3, 0.4) is 0 Å². The second kappa shape index (κ2) is 7.85. The monoisotopic (exact) mass is 281 g/mol. The summed E-state index contributed by atoms with van der Waals surface area (Å²) in [5.41, 5.74) is 8.85. The van der Waals surface area contributed by atoms with E-state index in [1.807, 2.05) is 37.3 Å². The van der Waals surface area contributed by atoms with Gasteiger partial charge >= 0.3 is 0 Å². The third-order valence-corrected chi connectivity index (χ3v) is 2.93. The number of allylic oxidation sites excluding steroid dienone is 1. The number of rotatable bonds is 3. The van der Waals surface area contributed by atoms with E-state index >= 15 is 0 Å². The maximum absolute atomic E-state index is 14.0. The lowest BCUT2D eigenvalue weighted by Gasteiger charge is -2.09. The number of hydrogen-bond donors (Lipinski definition) is 1. The highest BCUT2D eigenvalue weighted by atomic mass is 19.1. The van der Waals surface area contributed by atoms with Gasteiger partial charge in [0, 0.05) is 5.56 Å². The van der Waals surface area contributed by atoms with Gasteiger partial charge in [-0.15, -0.1) is 0 Å². The van der Waals surface area contributed by atoms with E-state index in [1.165, 1.54) is 12.3 Å². The van der Waals surface area contributed by atoms with Gasteiger partial charge in [-0.05, 0) is 41.9 Å². The fourth-order valence-electron chi connectivity index (χ4n) is 1.92. The SMILES string of the molecule is C=CN.C=Cc1ccccc1-c1cc(C(=C)C)ccc1F. The number of halogens is 1. The van der Waals surface area contributed by atoms with Crippen molar-refractivity contribution in [3.63, 3.8) is 0 Å². The summed E-state index contributed by atoms with van der Waals surface area (Å²) < 4.78 is 14.0. The van der Waals surface area contributed by atoms with Crippen LogP contribution in [0.2, 0.25) is 0 Å². The molecule has 0 aliphatic carbocycles. The maximum Gasteiger partial charge on any atom is 0.131 e. The molecule has 0 spiro atoms. The van der Waals surface area contributed by atoms with Gasteiger partial charge in [0.15, 0.2) is 0 Å². The lowest BCUT2D eigenvalue weighted by atomic mass is 9.96.